The number of rotatable bonds is 3. The number of alkyl halides is 1. The Morgan fingerprint density at radius 2 is 1.94 bits per heavy atom. The van der Waals surface area contributed by atoms with E-state index in [2.05, 4.69) is 50.7 Å². The molecule has 0 atom stereocenters. The highest BCUT2D eigenvalue weighted by Gasteiger charge is 2.20. The van der Waals surface area contributed by atoms with Crippen LogP contribution in [0.5, 0.6) is 0 Å². The maximum atomic E-state index is 11.8. The molecule has 0 saturated heterocycles. The lowest BCUT2D eigenvalue weighted by molar-refractivity contribution is 0.341. The van der Waals surface area contributed by atoms with Crippen molar-refractivity contribution in [1.82, 2.24) is 9.55 Å². The van der Waals surface area contributed by atoms with E-state index in [1.165, 1.54) is 0 Å². The van der Waals surface area contributed by atoms with Crippen molar-refractivity contribution in [2.75, 3.05) is 5.33 Å². The fraction of sp³-hybridized carbons (Fsp3) is 0.636. The summed E-state index contributed by atoms with van der Waals surface area (Å²) in [5, 5.41) is 0.845. The lowest BCUT2D eigenvalue weighted by atomic mass is 9.96. The third-order valence-electron chi connectivity index (χ3n) is 2.48. The average molecular weight is 352 g/mol. The van der Waals surface area contributed by atoms with Gasteiger partial charge in [0.25, 0.3) is 0 Å². The highest BCUT2D eigenvalue weighted by Crippen LogP contribution is 2.23. The predicted octanol–water partition coefficient (Wildman–Crippen LogP) is 3.04. The predicted molar refractivity (Wildman–Crippen MR) is 73.2 cm³/mol. The quantitative estimate of drug-likeness (QED) is 0.784. The number of aromatic nitrogens is 2. The van der Waals surface area contributed by atoms with E-state index in [1.807, 2.05) is 13.8 Å². The van der Waals surface area contributed by atoms with E-state index >= 15 is 0 Å². The number of aryl methyl sites for hydroxylation is 1. The lowest BCUT2D eigenvalue weighted by Gasteiger charge is -2.24. The molecule has 0 aliphatic rings. The lowest BCUT2D eigenvalue weighted by Crippen LogP contribution is -2.33. The van der Waals surface area contributed by atoms with Gasteiger partial charge in [-0.05, 0) is 35.2 Å². The van der Waals surface area contributed by atoms with E-state index in [1.54, 1.807) is 4.57 Å². The second-order valence-corrected chi connectivity index (χ2v) is 6.12. The molecular formula is C11H16Br2N2O. The molecule has 0 aliphatic carbocycles. The summed E-state index contributed by atoms with van der Waals surface area (Å²) >= 11 is 6.92. The van der Waals surface area contributed by atoms with Gasteiger partial charge in [-0.3, -0.25) is 4.57 Å². The Hall–Kier alpha value is -0.160. The maximum absolute atomic E-state index is 11.8. The van der Waals surface area contributed by atoms with Gasteiger partial charge < -0.3 is 0 Å². The van der Waals surface area contributed by atoms with Gasteiger partial charge >= 0.3 is 5.69 Å². The van der Waals surface area contributed by atoms with Crippen LogP contribution in [0.3, 0.4) is 0 Å². The van der Waals surface area contributed by atoms with Crippen LogP contribution in [0.4, 0.5) is 0 Å². The molecular weight excluding hydrogens is 336 g/mol. The van der Waals surface area contributed by atoms with Crippen LogP contribution in [-0.4, -0.2) is 14.9 Å². The number of hydrogen-bond donors (Lipinski definition) is 0. The van der Waals surface area contributed by atoms with E-state index in [4.69, 9.17) is 0 Å². The van der Waals surface area contributed by atoms with Crippen molar-refractivity contribution in [3.05, 3.63) is 26.3 Å². The summed E-state index contributed by atoms with van der Waals surface area (Å²) in [6.45, 7) is 8.65. The highest BCUT2D eigenvalue weighted by molar-refractivity contribution is 9.10. The monoisotopic (exact) mass is 350 g/mol. The standard InChI is InChI=1S/C11H16Br2N2O/c1-7-9(13)8(2)15(10(16)14-7)6-11(3,4)5-12/h5-6H2,1-4H3. The average Bonchev–Trinajstić information content (AvgIpc) is 2.21. The van der Waals surface area contributed by atoms with E-state index in [9.17, 15) is 4.79 Å². The second-order valence-electron chi connectivity index (χ2n) is 4.76. The Morgan fingerprint density at radius 1 is 1.38 bits per heavy atom. The van der Waals surface area contributed by atoms with Crippen molar-refractivity contribution >= 4 is 31.9 Å². The van der Waals surface area contributed by atoms with Crippen LogP contribution in [-0.2, 0) is 6.54 Å². The van der Waals surface area contributed by atoms with E-state index in [0.29, 0.717) is 6.54 Å². The largest absolute Gasteiger partial charge is 0.348 e. The molecule has 1 aromatic rings. The normalized spacial score (nSPS) is 11.9. The molecule has 0 fully saturated rings. The first-order valence-electron chi connectivity index (χ1n) is 5.08. The molecule has 0 spiro atoms. The van der Waals surface area contributed by atoms with E-state index in [0.717, 1.165) is 21.2 Å². The van der Waals surface area contributed by atoms with Gasteiger partial charge in [0.1, 0.15) is 0 Å². The SMILES string of the molecule is Cc1nc(=O)n(CC(C)(C)CBr)c(C)c1Br. The summed E-state index contributed by atoms with van der Waals surface area (Å²) in [5.41, 5.74) is 1.54. The summed E-state index contributed by atoms with van der Waals surface area (Å²) in [4.78, 5) is 15.8. The van der Waals surface area contributed by atoms with Crippen LogP contribution < -0.4 is 5.69 Å². The molecule has 16 heavy (non-hydrogen) atoms. The first-order valence-corrected chi connectivity index (χ1v) is 6.99. The summed E-state index contributed by atoms with van der Waals surface area (Å²) < 4.78 is 2.63. The van der Waals surface area contributed by atoms with Gasteiger partial charge in [-0.25, -0.2) is 4.79 Å². The van der Waals surface area contributed by atoms with Crippen molar-refractivity contribution in [3.63, 3.8) is 0 Å². The minimum Gasteiger partial charge on any atom is -0.295 e. The summed E-state index contributed by atoms with van der Waals surface area (Å²) in [6.07, 6.45) is 0. The first kappa shape index (κ1) is 13.9. The number of halogens is 2. The van der Waals surface area contributed by atoms with Crippen LogP contribution >= 0.6 is 31.9 Å². The summed E-state index contributed by atoms with van der Waals surface area (Å²) in [5.74, 6) is 0. The molecule has 3 nitrogen and oxygen atoms in total. The maximum Gasteiger partial charge on any atom is 0.348 e. The van der Waals surface area contributed by atoms with Crippen LogP contribution in [0.2, 0.25) is 0 Å². The summed E-state index contributed by atoms with van der Waals surface area (Å²) in [6, 6.07) is 0. The zero-order chi connectivity index (χ0) is 12.5. The van der Waals surface area contributed by atoms with Gasteiger partial charge in [-0.1, -0.05) is 29.8 Å². The molecule has 1 rings (SSSR count). The van der Waals surface area contributed by atoms with Gasteiger partial charge in [0, 0.05) is 17.6 Å². The van der Waals surface area contributed by atoms with E-state index in [-0.39, 0.29) is 11.1 Å². The smallest absolute Gasteiger partial charge is 0.295 e. The number of nitrogens with zero attached hydrogens (tertiary/aromatic N) is 2. The Kier molecular flexibility index (Phi) is 4.35. The summed E-state index contributed by atoms with van der Waals surface area (Å²) in [7, 11) is 0. The molecule has 0 amide bonds. The fourth-order valence-electron chi connectivity index (χ4n) is 1.43. The molecule has 1 heterocycles. The van der Waals surface area contributed by atoms with Gasteiger partial charge in [-0.15, -0.1) is 0 Å². The molecule has 5 heteroatoms. The van der Waals surface area contributed by atoms with Crippen molar-refractivity contribution < 1.29 is 0 Å². The molecule has 0 bridgehead atoms. The van der Waals surface area contributed by atoms with Crippen molar-refractivity contribution in [2.24, 2.45) is 5.41 Å². The molecule has 0 aromatic carbocycles. The molecule has 0 N–H and O–H groups in total. The van der Waals surface area contributed by atoms with Crippen LogP contribution in [0, 0.1) is 19.3 Å². The van der Waals surface area contributed by atoms with Crippen molar-refractivity contribution in [3.8, 4) is 0 Å². The molecule has 0 unspecified atom stereocenters. The topological polar surface area (TPSA) is 34.9 Å². The zero-order valence-corrected chi connectivity index (χ0v) is 13.1. The highest BCUT2D eigenvalue weighted by atomic mass is 79.9. The Bertz CT molecular complexity index is 452. The molecule has 0 radical (unpaired) electrons. The molecule has 90 valence electrons. The molecule has 0 aliphatic heterocycles. The van der Waals surface area contributed by atoms with Crippen LogP contribution in [0.25, 0.3) is 0 Å². The molecule has 1 aromatic heterocycles. The van der Waals surface area contributed by atoms with Crippen LogP contribution in [0.1, 0.15) is 25.2 Å². The van der Waals surface area contributed by atoms with Gasteiger partial charge in [0.15, 0.2) is 0 Å². The zero-order valence-electron chi connectivity index (χ0n) is 9.97. The second kappa shape index (κ2) is 5.00. The van der Waals surface area contributed by atoms with E-state index < -0.39 is 0 Å². The van der Waals surface area contributed by atoms with Crippen molar-refractivity contribution in [2.45, 2.75) is 34.2 Å². The van der Waals surface area contributed by atoms with Crippen molar-refractivity contribution in [1.29, 1.82) is 0 Å². The van der Waals surface area contributed by atoms with Gasteiger partial charge in [0.2, 0.25) is 0 Å². The fourth-order valence-corrected chi connectivity index (χ4v) is 1.91. The molecule has 0 saturated carbocycles. The first-order chi connectivity index (χ1) is 7.28. The number of hydrogen-bond acceptors (Lipinski definition) is 2. The van der Waals surface area contributed by atoms with Gasteiger partial charge in [0.05, 0.1) is 10.2 Å². The Morgan fingerprint density at radius 3 is 2.44 bits per heavy atom. The Balaban J connectivity index is 3.25. The van der Waals surface area contributed by atoms with Gasteiger partial charge in [-0.2, -0.15) is 4.98 Å². The Labute approximate surface area is 113 Å². The van der Waals surface area contributed by atoms with Crippen LogP contribution in [0.15, 0.2) is 9.27 Å². The minimum absolute atomic E-state index is 0.0327. The third kappa shape index (κ3) is 2.94. The third-order valence-corrected chi connectivity index (χ3v) is 5.15. The minimum atomic E-state index is -0.174.